The fourth-order valence-electron chi connectivity index (χ4n) is 5.01. The van der Waals surface area contributed by atoms with Crippen molar-refractivity contribution in [2.75, 3.05) is 0 Å². The van der Waals surface area contributed by atoms with Gasteiger partial charge in [0, 0.05) is 0 Å². The molecule has 0 aliphatic heterocycles. The normalized spacial score (nSPS) is 11.9. The molecule has 152 valence electrons. The minimum absolute atomic E-state index is 1.30. The van der Waals surface area contributed by atoms with Gasteiger partial charge in [0.05, 0.1) is 0 Å². The van der Waals surface area contributed by atoms with Gasteiger partial charge in [-0.3, -0.25) is 0 Å². The summed E-state index contributed by atoms with van der Waals surface area (Å²) in [6, 6.07) is 46.8. The van der Waals surface area contributed by atoms with Gasteiger partial charge in [-0.15, -0.1) is 0 Å². The molecule has 0 saturated carbocycles. The van der Waals surface area contributed by atoms with E-state index < -0.39 is 16.2 Å². The van der Waals surface area contributed by atoms with Crippen LogP contribution in [0.2, 0.25) is 0 Å². The van der Waals surface area contributed by atoms with Gasteiger partial charge in [0.15, 0.2) is 0 Å². The molecule has 32 heavy (non-hydrogen) atoms. The summed E-state index contributed by atoms with van der Waals surface area (Å²) in [5, 5.41) is 7.94. The average molecular weight is 580 g/mol. The predicted molar refractivity (Wildman–Crippen MR) is 145 cm³/mol. The zero-order chi connectivity index (χ0) is 21.5. The molecule has 6 rings (SSSR count). The van der Waals surface area contributed by atoms with E-state index in [-0.39, 0.29) is 0 Å². The summed E-state index contributed by atoms with van der Waals surface area (Å²) in [6.45, 7) is 0. The van der Waals surface area contributed by atoms with Crippen molar-refractivity contribution in [1.82, 2.24) is 0 Å². The monoisotopic (exact) mass is 580 g/mol. The Bertz CT molecular complexity index is 1390. The van der Waals surface area contributed by atoms with Crippen LogP contribution < -0.4 is 10.7 Å². The van der Waals surface area contributed by atoms with Crippen LogP contribution in [0.1, 0.15) is 0 Å². The molecule has 6 aromatic rings. The molecule has 0 aliphatic carbocycles. The van der Waals surface area contributed by atoms with Gasteiger partial charge in [0.25, 0.3) is 0 Å². The molecule has 0 N–H and O–H groups in total. The Hall–Kier alpha value is -2.62. The third-order valence-corrected chi connectivity index (χ3v) is 25.2. The Balaban J connectivity index is 1.81. The molecule has 0 bridgehead atoms. The van der Waals surface area contributed by atoms with Crippen molar-refractivity contribution in [3.63, 3.8) is 0 Å². The van der Waals surface area contributed by atoms with Crippen LogP contribution in [0.25, 0.3) is 32.3 Å². The number of hydrogen-bond donors (Lipinski definition) is 0. The molecule has 2 heteroatoms. The molecule has 0 heterocycles. The third-order valence-electron chi connectivity index (χ3n) is 6.48. The summed E-state index contributed by atoms with van der Waals surface area (Å²) in [5.74, 6) is 0. The van der Waals surface area contributed by atoms with Crippen LogP contribution in [0.5, 0.6) is 0 Å². The first-order valence-corrected chi connectivity index (χ1v) is 21.6. The fourth-order valence-corrected chi connectivity index (χ4v) is 22.4. The van der Waals surface area contributed by atoms with E-state index in [0.717, 1.165) is 0 Å². The van der Waals surface area contributed by atoms with E-state index in [9.17, 15) is 0 Å². The van der Waals surface area contributed by atoms with E-state index in [4.69, 9.17) is 0 Å². The van der Waals surface area contributed by atoms with Gasteiger partial charge in [-0.2, -0.15) is 0 Å². The van der Waals surface area contributed by atoms with Crippen LogP contribution >= 0.6 is 12.7 Å². The van der Waals surface area contributed by atoms with Crippen LogP contribution in [0.4, 0.5) is 0 Å². The Morgan fingerprint density at radius 3 is 0.969 bits per heavy atom. The number of halogens is 1. The molecule has 0 aliphatic rings. The van der Waals surface area contributed by atoms with Crippen LogP contribution in [0.3, 0.4) is 0 Å². The van der Waals surface area contributed by atoms with Crippen LogP contribution in [0, 0.1) is 0 Å². The van der Waals surface area contributed by atoms with E-state index in [1.165, 1.54) is 43.1 Å². The molecule has 0 radical (unpaired) electrons. The number of benzene rings is 6. The van der Waals surface area contributed by atoms with E-state index in [2.05, 4.69) is 140 Å². The standard InChI is InChI=1S/3C10H7.BrH.Sn/c3*1-2-6-10-8-4-3-7-9(10)5-1;;/h3*1-7H;1H;/q;;;;+1/p-1. The predicted octanol–water partition coefficient (Wildman–Crippen LogP) is 6.51. The second-order valence-corrected chi connectivity index (χ2v) is 24.6. The summed E-state index contributed by atoms with van der Waals surface area (Å²) < 4.78 is 4.39. The molecule has 0 fully saturated rings. The SMILES string of the molecule is [Br][Sn]([c]1cccc2ccccc12)([c]1cccc2ccccc12)[c]1cccc2ccccc12. The maximum absolute atomic E-state index is 4.58. The van der Waals surface area contributed by atoms with Crippen molar-refractivity contribution >= 4 is 71.9 Å². The fraction of sp³-hybridized carbons (Fsp3) is 0. The summed E-state index contributed by atoms with van der Waals surface area (Å²) in [5.41, 5.74) is 0. The molecule has 0 atom stereocenters. The van der Waals surface area contributed by atoms with Crippen LogP contribution in [0.15, 0.2) is 127 Å². The quantitative estimate of drug-likeness (QED) is 0.210. The second kappa shape index (κ2) is 8.06. The topological polar surface area (TPSA) is 0 Å². The van der Waals surface area contributed by atoms with Crippen LogP contribution in [-0.4, -0.2) is 16.2 Å². The van der Waals surface area contributed by atoms with Crippen molar-refractivity contribution in [3.8, 4) is 0 Å². The molecule has 0 unspecified atom stereocenters. The van der Waals surface area contributed by atoms with Gasteiger partial charge >= 0.3 is 199 Å². The molecule has 0 saturated heterocycles. The summed E-state index contributed by atoms with van der Waals surface area (Å²) in [6.07, 6.45) is 0. The number of fused-ring (bicyclic) bond motifs is 3. The van der Waals surface area contributed by atoms with Crippen molar-refractivity contribution in [1.29, 1.82) is 0 Å². The average Bonchev–Trinajstić information content (AvgIpc) is 2.87. The van der Waals surface area contributed by atoms with E-state index in [1.54, 1.807) is 0 Å². The van der Waals surface area contributed by atoms with Crippen molar-refractivity contribution in [2.45, 2.75) is 0 Å². The van der Waals surface area contributed by atoms with Gasteiger partial charge in [0.2, 0.25) is 0 Å². The Labute approximate surface area is 198 Å². The summed E-state index contributed by atoms with van der Waals surface area (Å²) in [4.78, 5) is 0. The molecule has 0 amide bonds. The molecule has 6 aromatic carbocycles. The van der Waals surface area contributed by atoms with Crippen LogP contribution in [-0.2, 0) is 0 Å². The van der Waals surface area contributed by atoms with E-state index in [0.29, 0.717) is 0 Å². The molecule has 0 aromatic heterocycles. The van der Waals surface area contributed by atoms with Gasteiger partial charge in [-0.05, 0) is 0 Å². The molecular weight excluding hydrogens is 559 g/mol. The number of rotatable bonds is 3. The molecular formula is C30H21BrSn. The summed E-state index contributed by atoms with van der Waals surface area (Å²) in [7, 11) is 0. The number of hydrogen-bond acceptors (Lipinski definition) is 0. The zero-order valence-electron chi connectivity index (χ0n) is 17.5. The zero-order valence-corrected chi connectivity index (χ0v) is 21.9. The molecule has 0 nitrogen and oxygen atoms in total. The van der Waals surface area contributed by atoms with Gasteiger partial charge < -0.3 is 0 Å². The van der Waals surface area contributed by atoms with Gasteiger partial charge in [-0.1, -0.05) is 0 Å². The Morgan fingerprint density at radius 2 is 0.625 bits per heavy atom. The van der Waals surface area contributed by atoms with Gasteiger partial charge in [-0.25, -0.2) is 0 Å². The van der Waals surface area contributed by atoms with E-state index >= 15 is 0 Å². The van der Waals surface area contributed by atoms with Crippen molar-refractivity contribution in [2.24, 2.45) is 0 Å². The minimum atomic E-state index is -3.60. The van der Waals surface area contributed by atoms with E-state index in [1.807, 2.05) is 0 Å². The first kappa shape index (κ1) is 20.0. The first-order chi connectivity index (χ1) is 15.8. The first-order valence-electron chi connectivity index (χ1n) is 10.9. The second-order valence-electron chi connectivity index (χ2n) is 8.24. The third kappa shape index (κ3) is 3.10. The van der Waals surface area contributed by atoms with Crippen molar-refractivity contribution in [3.05, 3.63) is 127 Å². The van der Waals surface area contributed by atoms with Gasteiger partial charge in [0.1, 0.15) is 0 Å². The maximum atomic E-state index is 4.58. The summed E-state index contributed by atoms with van der Waals surface area (Å²) >= 11 is 0.980. The Kier molecular flexibility index (Phi) is 5.04. The Morgan fingerprint density at radius 1 is 0.344 bits per heavy atom. The van der Waals surface area contributed by atoms with Crippen molar-refractivity contribution < 1.29 is 0 Å². The molecule has 0 spiro atoms.